The van der Waals surface area contributed by atoms with E-state index >= 15 is 0 Å². The highest BCUT2D eigenvalue weighted by Gasteiger charge is 2.28. The molecule has 2 aromatic carbocycles. The fourth-order valence-corrected chi connectivity index (χ4v) is 3.48. The Labute approximate surface area is 136 Å². The predicted molar refractivity (Wildman–Crippen MR) is 90.5 cm³/mol. The van der Waals surface area contributed by atoms with E-state index in [0.717, 1.165) is 18.4 Å². The molecule has 0 heterocycles. The number of rotatable bonds is 3. The Morgan fingerprint density at radius 1 is 0.913 bits per heavy atom. The van der Waals surface area contributed by atoms with Crippen molar-refractivity contribution in [3.8, 4) is 0 Å². The van der Waals surface area contributed by atoms with E-state index in [1.165, 1.54) is 16.7 Å². The standard InChI is InChI=1S/C20H21NO2/c1-13(22)15-7-9-16(10-8-15)17-11-12-20(21-14(2)23)19-6-4-3-5-18(17)19/h3-10,17,20H,11-12H2,1-2H3,(H,21,23)/t17?,20-/m1/s1. The molecule has 1 amide bonds. The van der Waals surface area contributed by atoms with Gasteiger partial charge in [0.1, 0.15) is 0 Å². The van der Waals surface area contributed by atoms with Gasteiger partial charge in [-0.2, -0.15) is 0 Å². The molecule has 0 aliphatic heterocycles. The maximum atomic E-state index is 11.4. The topological polar surface area (TPSA) is 46.2 Å². The van der Waals surface area contributed by atoms with Crippen molar-refractivity contribution in [2.75, 3.05) is 0 Å². The lowest BCUT2D eigenvalue weighted by molar-refractivity contribution is -0.119. The van der Waals surface area contributed by atoms with Gasteiger partial charge in [-0.05, 0) is 36.5 Å². The molecule has 0 spiro atoms. The zero-order valence-electron chi connectivity index (χ0n) is 13.5. The summed E-state index contributed by atoms with van der Waals surface area (Å²) in [7, 11) is 0. The molecule has 0 fully saturated rings. The number of benzene rings is 2. The summed E-state index contributed by atoms with van der Waals surface area (Å²) in [4.78, 5) is 22.9. The van der Waals surface area contributed by atoms with Crippen molar-refractivity contribution in [3.63, 3.8) is 0 Å². The Balaban J connectivity index is 1.94. The van der Waals surface area contributed by atoms with Crippen molar-refractivity contribution < 1.29 is 9.59 Å². The van der Waals surface area contributed by atoms with Crippen LogP contribution in [0.15, 0.2) is 48.5 Å². The van der Waals surface area contributed by atoms with Gasteiger partial charge in [-0.1, -0.05) is 48.5 Å². The Hall–Kier alpha value is -2.42. The van der Waals surface area contributed by atoms with Gasteiger partial charge in [-0.25, -0.2) is 0 Å². The molecule has 2 aromatic rings. The predicted octanol–water partition coefficient (Wildman–Crippen LogP) is 3.99. The average molecular weight is 307 g/mol. The second-order valence-electron chi connectivity index (χ2n) is 6.19. The smallest absolute Gasteiger partial charge is 0.217 e. The van der Waals surface area contributed by atoms with Gasteiger partial charge in [-0.3, -0.25) is 9.59 Å². The number of nitrogens with one attached hydrogen (secondary N) is 1. The summed E-state index contributed by atoms with van der Waals surface area (Å²) in [6.07, 6.45) is 1.91. The number of carbonyl (C=O) groups excluding carboxylic acids is 2. The molecule has 3 heteroatoms. The molecule has 0 saturated carbocycles. The van der Waals surface area contributed by atoms with Crippen LogP contribution in [0.5, 0.6) is 0 Å². The van der Waals surface area contributed by atoms with Gasteiger partial charge in [0.05, 0.1) is 6.04 Å². The van der Waals surface area contributed by atoms with Gasteiger partial charge in [0.25, 0.3) is 0 Å². The van der Waals surface area contributed by atoms with Crippen LogP contribution < -0.4 is 5.32 Å². The zero-order valence-corrected chi connectivity index (χ0v) is 13.5. The second kappa shape index (κ2) is 6.37. The molecule has 0 saturated heterocycles. The van der Waals surface area contributed by atoms with Gasteiger partial charge in [0.2, 0.25) is 5.91 Å². The molecule has 1 unspecified atom stereocenters. The first-order valence-corrected chi connectivity index (χ1v) is 8.03. The van der Waals surface area contributed by atoms with Crippen LogP contribution in [-0.2, 0) is 4.79 Å². The zero-order chi connectivity index (χ0) is 16.4. The number of amides is 1. The molecule has 2 atom stereocenters. The number of fused-ring (bicyclic) bond motifs is 1. The number of carbonyl (C=O) groups is 2. The third kappa shape index (κ3) is 3.19. The first-order valence-electron chi connectivity index (χ1n) is 8.03. The van der Waals surface area contributed by atoms with Gasteiger partial charge in [0.15, 0.2) is 5.78 Å². The Morgan fingerprint density at radius 2 is 1.57 bits per heavy atom. The van der Waals surface area contributed by atoms with Crippen LogP contribution in [0.2, 0.25) is 0 Å². The monoisotopic (exact) mass is 307 g/mol. The lowest BCUT2D eigenvalue weighted by Gasteiger charge is -2.32. The fourth-order valence-electron chi connectivity index (χ4n) is 3.48. The highest BCUT2D eigenvalue weighted by atomic mass is 16.1. The third-order valence-corrected chi connectivity index (χ3v) is 4.59. The van der Waals surface area contributed by atoms with Gasteiger partial charge in [0, 0.05) is 18.4 Å². The van der Waals surface area contributed by atoms with Gasteiger partial charge >= 0.3 is 0 Å². The maximum absolute atomic E-state index is 11.4. The summed E-state index contributed by atoms with van der Waals surface area (Å²) in [5.41, 5.74) is 4.44. The van der Waals surface area contributed by atoms with Crippen molar-refractivity contribution in [3.05, 3.63) is 70.8 Å². The molecule has 1 N–H and O–H groups in total. The van der Waals surface area contributed by atoms with E-state index in [1.807, 2.05) is 24.3 Å². The van der Waals surface area contributed by atoms with Crippen molar-refractivity contribution >= 4 is 11.7 Å². The molecule has 0 aromatic heterocycles. The summed E-state index contributed by atoms with van der Waals surface area (Å²) < 4.78 is 0. The van der Waals surface area contributed by atoms with E-state index in [2.05, 4.69) is 29.6 Å². The van der Waals surface area contributed by atoms with Crippen LogP contribution >= 0.6 is 0 Å². The third-order valence-electron chi connectivity index (χ3n) is 4.59. The molecule has 3 nitrogen and oxygen atoms in total. The summed E-state index contributed by atoms with van der Waals surface area (Å²) in [6.45, 7) is 3.15. The summed E-state index contributed by atoms with van der Waals surface area (Å²) >= 11 is 0. The van der Waals surface area contributed by atoms with Crippen LogP contribution in [0.1, 0.15) is 65.7 Å². The van der Waals surface area contributed by atoms with Gasteiger partial charge < -0.3 is 5.32 Å². The Bertz CT molecular complexity index is 734. The molecule has 118 valence electrons. The second-order valence-corrected chi connectivity index (χ2v) is 6.19. The minimum absolute atomic E-state index is 0.00839. The maximum Gasteiger partial charge on any atom is 0.217 e. The van der Waals surface area contributed by atoms with E-state index < -0.39 is 0 Å². The SMILES string of the molecule is CC(=O)N[C@@H]1CCC(c2ccc(C(C)=O)cc2)c2ccccc21. The van der Waals surface area contributed by atoms with Gasteiger partial charge in [-0.15, -0.1) is 0 Å². The lowest BCUT2D eigenvalue weighted by Crippen LogP contribution is -2.30. The molecule has 0 radical (unpaired) electrons. The van der Waals surface area contributed by atoms with E-state index in [4.69, 9.17) is 0 Å². The average Bonchev–Trinajstić information content (AvgIpc) is 2.55. The van der Waals surface area contributed by atoms with E-state index in [-0.39, 0.29) is 17.7 Å². The summed E-state index contributed by atoms with van der Waals surface area (Å²) in [5, 5.41) is 3.05. The molecular weight excluding hydrogens is 286 g/mol. The van der Waals surface area contributed by atoms with Crippen molar-refractivity contribution in [1.82, 2.24) is 5.32 Å². The first-order chi connectivity index (χ1) is 11.1. The van der Waals surface area contributed by atoms with Crippen LogP contribution in [-0.4, -0.2) is 11.7 Å². The molecular formula is C20H21NO2. The quantitative estimate of drug-likeness (QED) is 0.871. The van der Waals surface area contributed by atoms with E-state index in [0.29, 0.717) is 5.92 Å². The minimum atomic E-state index is 0.00839. The van der Waals surface area contributed by atoms with Crippen LogP contribution in [0.25, 0.3) is 0 Å². The largest absolute Gasteiger partial charge is 0.350 e. The molecule has 0 bridgehead atoms. The molecule has 1 aliphatic rings. The molecule has 23 heavy (non-hydrogen) atoms. The Morgan fingerprint density at radius 3 is 2.17 bits per heavy atom. The fraction of sp³-hybridized carbons (Fsp3) is 0.300. The number of ketones is 1. The van der Waals surface area contributed by atoms with Crippen molar-refractivity contribution in [1.29, 1.82) is 0 Å². The van der Waals surface area contributed by atoms with Crippen LogP contribution in [0.4, 0.5) is 0 Å². The number of Topliss-reactive ketones (excluding diaryl/α,β-unsaturated/α-hetero) is 1. The highest BCUT2D eigenvalue weighted by molar-refractivity contribution is 5.94. The summed E-state index contributed by atoms with van der Waals surface area (Å²) in [5.74, 6) is 0.414. The first kappa shape index (κ1) is 15.5. The van der Waals surface area contributed by atoms with E-state index in [1.54, 1.807) is 13.8 Å². The van der Waals surface area contributed by atoms with Crippen LogP contribution in [0, 0.1) is 0 Å². The molecule has 3 rings (SSSR count). The lowest BCUT2D eigenvalue weighted by atomic mass is 9.76. The number of hydrogen-bond donors (Lipinski definition) is 1. The molecule has 1 aliphatic carbocycles. The van der Waals surface area contributed by atoms with Crippen molar-refractivity contribution in [2.24, 2.45) is 0 Å². The Kier molecular flexibility index (Phi) is 4.28. The minimum Gasteiger partial charge on any atom is -0.350 e. The normalized spacial score (nSPS) is 19.7. The van der Waals surface area contributed by atoms with E-state index in [9.17, 15) is 9.59 Å². The number of hydrogen-bond acceptors (Lipinski definition) is 2. The summed E-state index contributed by atoms with van der Waals surface area (Å²) in [6, 6.07) is 16.3. The highest BCUT2D eigenvalue weighted by Crippen LogP contribution is 2.41. The van der Waals surface area contributed by atoms with Crippen LogP contribution in [0.3, 0.4) is 0 Å². The van der Waals surface area contributed by atoms with Crippen molar-refractivity contribution in [2.45, 2.75) is 38.6 Å².